The molecule has 0 radical (unpaired) electrons. The predicted octanol–water partition coefficient (Wildman–Crippen LogP) is 2.88. The number of thiocarbonyl (C=S) groups is 1. The summed E-state index contributed by atoms with van der Waals surface area (Å²) in [7, 11) is 1.20. The summed E-state index contributed by atoms with van der Waals surface area (Å²) >= 11 is 4.63. The maximum atomic E-state index is 13.5. The van der Waals surface area contributed by atoms with Gasteiger partial charge >= 0.3 is 0 Å². The third-order valence-electron chi connectivity index (χ3n) is 2.70. The van der Waals surface area contributed by atoms with Crippen molar-refractivity contribution in [3.8, 4) is 0 Å². The lowest BCUT2D eigenvalue weighted by Gasteiger charge is -2.27. The van der Waals surface area contributed by atoms with Crippen LogP contribution in [0.3, 0.4) is 0 Å². The van der Waals surface area contributed by atoms with Gasteiger partial charge in [-0.3, -0.25) is 0 Å². The van der Waals surface area contributed by atoms with Gasteiger partial charge in [0.25, 0.3) is 0 Å². The molecule has 2 N–H and O–H groups in total. The molecule has 0 aliphatic carbocycles. The largest absolute Gasteiger partial charge is 0.393 e. The molecular formula is C11H11F5N2S. The molecular weight excluding hydrogens is 287 g/mol. The van der Waals surface area contributed by atoms with Gasteiger partial charge in [0.1, 0.15) is 5.69 Å². The van der Waals surface area contributed by atoms with Crippen molar-refractivity contribution in [1.82, 2.24) is 0 Å². The molecule has 1 unspecified atom stereocenters. The molecule has 2 nitrogen and oxygen atoms in total. The highest BCUT2D eigenvalue weighted by atomic mass is 32.1. The van der Waals surface area contributed by atoms with Crippen LogP contribution < -0.4 is 10.6 Å². The molecule has 0 saturated heterocycles. The van der Waals surface area contributed by atoms with Gasteiger partial charge in [-0.1, -0.05) is 12.2 Å². The van der Waals surface area contributed by atoms with Crippen molar-refractivity contribution in [3.05, 3.63) is 29.1 Å². The fourth-order valence-electron chi connectivity index (χ4n) is 1.55. The predicted molar refractivity (Wildman–Crippen MR) is 65.5 cm³/mol. The first-order chi connectivity index (χ1) is 8.68. The summed E-state index contributed by atoms with van der Waals surface area (Å²) in [5, 5.41) is 0. The molecule has 0 bridgehead atoms. The monoisotopic (exact) mass is 298 g/mol. The van der Waals surface area contributed by atoms with E-state index >= 15 is 0 Å². The fourth-order valence-corrected chi connectivity index (χ4v) is 1.79. The Labute approximate surface area is 112 Å². The number of rotatable bonds is 4. The minimum Gasteiger partial charge on any atom is -0.393 e. The number of hydrogen-bond donors (Lipinski definition) is 1. The van der Waals surface area contributed by atoms with Crippen molar-refractivity contribution in [2.24, 2.45) is 5.73 Å². The van der Waals surface area contributed by atoms with Crippen molar-refractivity contribution in [3.63, 3.8) is 0 Å². The van der Waals surface area contributed by atoms with Crippen LogP contribution in [-0.4, -0.2) is 18.1 Å². The van der Waals surface area contributed by atoms with Gasteiger partial charge in [0.2, 0.25) is 5.82 Å². The van der Waals surface area contributed by atoms with Crippen molar-refractivity contribution >= 4 is 22.9 Å². The second-order valence-corrected chi connectivity index (χ2v) is 4.57. The van der Waals surface area contributed by atoms with Crippen LogP contribution in [0, 0.1) is 29.1 Å². The van der Waals surface area contributed by atoms with E-state index in [2.05, 4.69) is 12.2 Å². The van der Waals surface area contributed by atoms with E-state index in [1.807, 2.05) is 0 Å². The first-order valence-corrected chi connectivity index (χ1v) is 5.61. The summed E-state index contributed by atoms with van der Waals surface area (Å²) in [6.45, 7) is 1.50. The van der Waals surface area contributed by atoms with E-state index in [1.54, 1.807) is 0 Å². The van der Waals surface area contributed by atoms with E-state index in [0.29, 0.717) is 0 Å². The van der Waals surface area contributed by atoms with Crippen LogP contribution in [0.4, 0.5) is 27.6 Å². The van der Waals surface area contributed by atoms with Crippen LogP contribution in [-0.2, 0) is 0 Å². The summed E-state index contributed by atoms with van der Waals surface area (Å²) < 4.78 is 66.0. The average molecular weight is 298 g/mol. The molecule has 0 aromatic heterocycles. The SMILES string of the molecule is CC(CC(N)=S)N(C)c1c(F)c(F)c(F)c(F)c1F. The Morgan fingerprint density at radius 2 is 1.42 bits per heavy atom. The van der Waals surface area contributed by atoms with Crippen molar-refractivity contribution in [1.29, 1.82) is 0 Å². The summed E-state index contributed by atoms with van der Waals surface area (Å²) in [6.07, 6.45) is 0.0747. The molecule has 1 atom stereocenters. The van der Waals surface area contributed by atoms with E-state index in [4.69, 9.17) is 5.73 Å². The van der Waals surface area contributed by atoms with Crippen molar-refractivity contribution in [2.75, 3.05) is 11.9 Å². The number of benzene rings is 1. The molecule has 0 amide bonds. The van der Waals surface area contributed by atoms with Gasteiger partial charge in [0.05, 0.1) is 4.99 Å². The second-order valence-electron chi connectivity index (χ2n) is 4.05. The molecule has 0 fully saturated rings. The van der Waals surface area contributed by atoms with Gasteiger partial charge in [-0.05, 0) is 6.92 Å². The lowest BCUT2D eigenvalue weighted by molar-refractivity contribution is 0.377. The summed E-state index contributed by atoms with van der Waals surface area (Å²) in [5.74, 6) is -9.91. The first-order valence-electron chi connectivity index (χ1n) is 5.21. The van der Waals surface area contributed by atoms with Gasteiger partial charge in [-0.2, -0.15) is 0 Å². The molecule has 0 heterocycles. The van der Waals surface area contributed by atoms with E-state index in [0.717, 1.165) is 4.90 Å². The molecule has 0 spiro atoms. The highest BCUT2D eigenvalue weighted by Gasteiger charge is 2.29. The fraction of sp³-hybridized carbons (Fsp3) is 0.364. The minimum atomic E-state index is -2.19. The van der Waals surface area contributed by atoms with E-state index in [1.165, 1.54) is 14.0 Å². The highest BCUT2D eigenvalue weighted by Crippen LogP contribution is 2.30. The van der Waals surface area contributed by atoms with Crippen molar-refractivity contribution < 1.29 is 22.0 Å². The van der Waals surface area contributed by atoms with Gasteiger partial charge in [0.15, 0.2) is 23.3 Å². The van der Waals surface area contributed by atoms with Crippen LogP contribution in [0.1, 0.15) is 13.3 Å². The molecule has 0 aliphatic heterocycles. The number of anilines is 1. The second kappa shape index (κ2) is 5.68. The molecule has 19 heavy (non-hydrogen) atoms. The van der Waals surface area contributed by atoms with Crippen molar-refractivity contribution in [2.45, 2.75) is 19.4 Å². The molecule has 8 heteroatoms. The van der Waals surface area contributed by atoms with Crippen LogP contribution in [0.15, 0.2) is 0 Å². The smallest absolute Gasteiger partial charge is 0.200 e. The zero-order valence-electron chi connectivity index (χ0n) is 10.1. The van der Waals surface area contributed by atoms with Gasteiger partial charge in [-0.15, -0.1) is 0 Å². The van der Waals surface area contributed by atoms with Crippen LogP contribution in [0.2, 0.25) is 0 Å². The topological polar surface area (TPSA) is 29.3 Å². The Hall–Kier alpha value is -1.44. The normalized spacial score (nSPS) is 12.4. The Kier molecular flexibility index (Phi) is 4.67. The first kappa shape index (κ1) is 15.6. The molecule has 1 aromatic rings. The maximum absolute atomic E-state index is 13.5. The highest BCUT2D eigenvalue weighted by molar-refractivity contribution is 7.80. The summed E-state index contributed by atoms with van der Waals surface area (Å²) in [6, 6.07) is -0.620. The lowest BCUT2D eigenvalue weighted by atomic mass is 10.1. The molecule has 1 rings (SSSR count). The van der Waals surface area contributed by atoms with E-state index in [9.17, 15) is 22.0 Å². The third kappa shape index (κ3) is 2.94. The Balaban J connectivity index is 3.31. The van der Waals surface area contributed by atoms with Gasteiger partial charge in [-0.25, -0.2) is 22.0 Å². The molecule has 106 valence electrons. The van der Waals surface area contributed by atoms with Gasteiger partial charge < -0.3 is 10.6 Å². The number of halogens is 5. The zero-order valence-corrected chi connectivity index (χ0v) is 10.9. The number of nitrogens with zero attached hydrogens (tertiary/aromatic N) is 1. The minimum absolute atomic E-state index is 0.0724. The maximum Gasteiger partial charge on any atom is 0.200 e. The Morgan fingerprint density at radius 1 is 1.05 bits per heavy atom. The summed E-state index contributed by atoms with van der Waals surface area (Å²) in [4.78, 5) is 0.985. The zero-order chi connectivity index (χ0) is 14.9. The molecule has 1 aromatic carbocycles. The van der Waals surface area contributed by atoms with Gasteiger partial charge in [0, 0.05) is 19.5 Å². The van der Waals surface area contributed by atoms with Crippen LogP contribution in [0.25, 0.3) is 0 Å². The lowest BCUT2D eigenvalue weighted by Crippen LogP contribution is -2.34. The Bertz CT molecular complexity index is 491. The average Bonchev–Trinajstić information content (AvgIpc) is 2.33. The van der Waals surface area contributed by atoms with E-state index in [-0.39, 0.29) is 11.4 Å². The standard InChI is InChI=1S/C11H11F5N2S/c1-4(3-5(17)19)18(2)11-9(15)7(13)6(12)8(14)10(11)16/h4H,3H2,1-2H3,(H2,17,19). The van der Waals surface area contributed by atoms with Crippen LogP contribution in [0.5, 0.6) is 0 Å². The van der Waals surface area contributed by atoms with Crippen LogP contribution >= 0.6 is 12.2 Å². The third-order valence-corrected chi connectivity index (χ3v) is 2.86. The van der Waals surface area contributed by atoms with E-state index < -0.39 is 40.8 Å². The Morgan fingerprint density at radius 3 is 1.79 bits per heavy atom. The molecule has 0 aliphatic rings. The number of nitrogens with two attached hydrogens (primary N) is 1. The number of hydrogen-bond acceptors (Lipinski definition) is 2. The molecule has 0 saturated carbocycles. The quantitative estimate of drug-likeness (QED) is 0.401. The summed E-state index contributed by atoms with van der Waals surface area (Å²) in [5.41, 5.74) is 4.28.